The van der Waals surface area contributed by atoms with Gasteiger partial charge >= 0.3 is 0 Å². The zero-order valence-electron chi connectivity index (χ0n) is 33.9. The van der Waals surface area contributed by atoms with Gasteiger partial charge in [0.05, 0.1) is 50.5 Å². The number of anilines is 3. The van der Waals surface area contributed by atoms with Crippen LogP contribution in [0.15, 0.2) is 121 Å². The summed E-state index contributed by atoms with van der Waals surface area (Å²) in [6.45, 7) is 7.62. The molecule has 1 spiro atoms. The molecule has 60 heavy (non-hydrogen) atoms. The van der Waals surface area contributed by atoms with Gasteiger partial charge in [-0.25, -0.2) is 0 Å². The number of carbonyl (C=O) groups is 2. The van der Waals surface area contributed by atoms with Crippen molar-refractivity contribution in [3.05, 3.63) is 149 Å². The third kappa shape index (κ3) is 6.68. The van der Waals surface area contributed by atoms with Crippen LogP contribution in [0, 0.1) is 5.92 Å². The Morgan fingerprint density at radius 1 is 0.900 bits per heavy atom. The molecule has 5 aromatic carbocycles. The maximum atomic E-state index is 15.5. The number of aromatic nitrogens is 3. The number of aryl methyl sites for hydroxylation is 1. The summed E-state index contributed by atoms with van der Waals surface area (Å²) in [6.07, 6.45) is 2.57. The van der Waals surface area contributed by atoms with E-state index in [1.807, 2.05) is 102 Å². The second-order valence-electron chi connectivity index (χ2n) is 16.3. The molecule has 9 rings (SSSR count). The van der Waals surface area contributed by atoms with E-state index in [1.54, 1.807) is 28.8 Å². The first kappa shape index (κ1) is 39.7. The normalized spacial score (nSPS) is 20.8. The van der Waals surface area contributed by atoms with Gasteiger partial charge in [0.2, 0.25) is 0 Å². The maximum Gasteiger partial charge on any atom is 0.266 e. The van der Waals surface area contributed by atoms with Crippen molar-refractivity contribution in [2.45, 2.75) is 63.2 Å². The molecule has 2 amide bonds. The lowest BCUT2D eigenvalue weighted by Crippen LogP contribution is -2.51. The largest absolute Gasteiger partial charge is 0.497 e. The zero-order valence-corrected chi connectivity index (χ0v) is 35.7. The molecule has 0 saturated carbocycles. The van der Waals surface area contributed by atoms with E-state index in [0.717, 1.165) is 28.3 Å². The summed E-state index contributed by atoms with van der Waals surface area (Å²) in [5.41, 5.74) is 3.47. The minimum Gasteiger partial charge on any atom is -0.497 e. The topological polar surface area (TPSA) is 119 Å². The molecule has 11 nitrogen and oxygen atoms in total. The predicted molar refractivity (Wildman–Crippen MR) is 234 cm³/mol. The van der Waals surface area contributed by atoms with Crippen LogP contribution >= 0.6 is 11.6 Å². The highest BCUT2D eigenvalue weighted by atomic mass is 35.5. The van der Waals surface area contributed by atoms with Crippen molar-refractivity contribution in [2.24, 2.45) is 5.92 Å². The van der Waals surface area contributed by atoms with E-state index in [1.165, 1.54) is 5.19 Å². The molecule has 1 fully saturated rings. The first-order valence-corrected chi connectivity index (χ1v) is 23.7. The molecule has 0 radical (unpaired) electrons. The Balaban J connectivity index is 1.09. The number of hydrogen-bond acceptors (Lipinski definition) is 8. The minimum atomic E-state index is -2.41. The number of hydrogen-bond donors (Lipinski definition) is 1. The summed E-state index contributed by atoms with van der Waals surface area (Å²) in [4.78, 5) is 33.3. The lowest BCUT2D eigenvalue weighted by molar-refractivity contribution is -0.146. The van der Waals surface area contributed by atoms with E-state index in [9.17, 15) is 9.90 Å². The number of ether oxygens (including phenoxy) is 3. The summed E-state index contributed by atoms with van der Waals surface area (Å²) < 4.78 is 20.9. The van der Waals surface area contributed by atoms with Crippen molar-refractivity contribution in [3.8, 4) is 17.2 Å². The SMILES string of the molecule is COc1ccc([Si](C)(C)[C@H]2[C@H](CCn3cc(CCO)nn3)O[C@@]3(C(=O)N(Cc4cccc(N5C(=O)c6ccccc6Oc6ccccc65)c4)c4ccc(Cl)cc43)[C@@H]2C)cc1. The van der Waals surface area contributed by atoms with Crippen LogP contribution in [-0.4, -0.2) is 59.8 Å². The number of carbonyl (C=O) groups excluding carboxylic acids is 2. The van der Waals surface area contributed by atoms with Gasteiger partial charge in [-0.2, -0.15) is 0 Å². The number of methoxy groups -OCH3 is 1. The fourth-order valence-electron chi connectivity index (χ4n) is 9.69. The Morgan fingerprint density at radius 3 is 2.45 bits per heavy atom. The Morgan fingerprint density at radius 2 is 1.67 bits per heavy atom. The van der Waals surface area contributed by atoms with Crippen LogP contribution in [0.5, 0.6) is 17.2 Å². The highest BCUT2D eigenvalue weighted by Crippen LogP contribution is 2.60. The highest BCUT2D eigenvalue weighted by molar-refractivity contribution is 6.91. The second kappa shape index (κ2) is 15.7. The van der Waals surface area contributed by atoms with Crippen molar-refractivity contribution in [3.63, 3.8) is 0 Å². The van der Waals surface area contributed by atoms with Crippen LogP contribution in [0.1, 0.15) is 40.5 Å². The van der Waals surface area contributed by atoms with Crippen molar-refractivity contribution in [1.29, 1.82) is 0 Å². The van der Waals surface area contributed by atoms with E-state index in [0.29, 0.717) is 52.8 Å². The summed E-state index contributed by atoms with van der Waals surface area (Å²) in [5.74, 6) is 1.25. The zero-order chi connectivity index (χ0) is 41.8. The molecule has 4 heterocycles. The quantitative estimate of drug-likeness (QED) is 0.129. The van der Waals surface area contributed by atoms with E-state index in [2.05, 4.69) is 42.5 Å². The van der Waals surface area contributed by atoms with Gasteiger partial charge in [0, 0.05) is 48.0 Å². The Kier molecular flexibility index (Phi) is 10.4. The standard InChI is InChI=1S/C47H46ClN5O6Si/c1-30-44(60(3,4)36-19-17-35(57-2)18-20-36)43(22-24-51-29-33(23-25-54)49-50-51)59-47(30)38-27-32(48)16-21-39(38)52(46(47)56)28-31-10-9-11-34(26-31)53-40-13-6-8-15-42(40)58-41-14-7-5-12-37(41)45(53)55/h5-21,26-27,29-30,43-44,54H,22-25,28H2,1-4H3/t30-,43+,44-,47+/m1/s1. The number of nitrogens with zero attached hydrogens (tertiary/aromatic N) is 5. The van der Waals surface area contributed by atoms with Crippen molar-refractivity contribution in [1.82, 2.24) is 15.0 Å². The summed E-state index contributed by atoms with van der Waals surface area (Å²) in [6, 6.07) is 36.4. The van der Waals surface area contributed by atoms with E-state index < -0.39 is 13.7 Å². The van der Waals surface area contributed by atoms with Crippen LogP contribution in [-0.2, 0) is 34.6 Å². The summed E-state index contributed by atoms with van der Waals surface area (Å²) in [5, 5.41) is 19.8. The van der Waals surface area contributed by atoms with E-state index in [-0.39, 0.29) is 42.5 Å². The van der Waals surface area contributed by atoms with Gasteiger partial charge < -0.3 is 24.2 Å². The monoisotopic (exact) mass is 839 g/mol. The molecule has 13 heteroatoms. The molecule has 6 aromatic rings. The number of halogens is 1. The Hall–Kier alpha value is -5.79. The molecule has 0 unspecified atom stereocenters. The molecule has 0 bridgehead atoms. The molecule has 0 aliphatic carbocycles. The molecular formula is C47H46ClN5O6Si. The first-order chi connectivity index (χ1) is 29.0. The molecule has 1 N–H and O–H groups in total. The van der Waals surface area contributed by atoms with Crippen LogP contribution < -0.4 is 24.5 Å². The van der Waals surface area contributed by atoms with Crippen molar-refractivity contribution in [2.75, 3.05) is 23.5 Å². The van der Waals surface area contributed by atoms with Gasteiger partial charge in [0.15, 0.2) is 11.4 Å². The molecule has 3 aliphatic heterocycles. The number of aliphatic hydroxyl groups excluding tert-OH is 1. The van der Waals surface area contributed by atoms with E-state index >= 15 is 4.79 Å². The number of rotatable bonds is 11. The third-order valence-electron chi connectivity index (χ3n) is 12.6. The van der Waals surface area contributed by atoms with Gasteiger partial charge in [-0.3, -0.25) is 19.2 Å². The third-order valence-corrected chi connectivity index (χ3v) is 17.1. The summed E-state index contributed by atoms with van der Waals surface area (Å²) >= 11 is 6.78. The molecule has 3 aliphatic rings. The van der Waals surface area contributed by atoms with Crippen molar-refractivity contribution >= 4 is 53.7 Å². The van der Waals surface area contributed by atoms with E-state index in [4.69, 9.17) is 25.8 Å². The lowest BCUT2D eigenvalue weighted by Gasteiger charge is -2.37. The number of amides is 2. The van der Waals surface area contributed by atoms with Crippen molar-refractivity contribution < 1.29 is 28.9 Å². The molecule has 306 valence electrons. The van der Waals surface area contributed by atoms with Crippen LogP contribution in [0.2, 0.25) is 23.7 Å². The number of benzene rings is 5. The molecule has 4 atom stereocenters. The van der Waals surface area contributed by atoms with Crippen LogP contribution in [0.25, 0.3) is 0 Å². The minimum absolute atomic E-state index is 0.00426. The number of aliphatic hydroxyl groups is 1. The Labute approximate surface area is 355 Å². The average Bonchev–Trinajstić information content (AvgIpc) is 3.87. The first-order valence-electron chi connectivity index (χ1n) is 20.3. The second-order valence-corrected chi connectivity index (χ2v) is 21.4. The molecule has 1 aromatic heterocycles. The smallest absolute Gasteiger partial charge is 0.266 e. The summed E-state index contributed by atoms with van der Waals surface area (Å²) in [7, 11) is -0.745. The van der Waals surface area contributed by atoms with Gasteiger partial charge in [-0.15, -0.1) is 5.10 Å². The Bertz CT molecular complexity index is 2600. The molecular weight excluding hydrogens is 794 g/mol. The number of fused-ring (bicyclic) bond motifs is 4. The maximum absolute atomic E-state index is 15.5. The van der Waals surface area contributed by atoms with Crippen LogP contribution in [0.3, 0.4) is 0 Å². The fraction of sp³-hybridized carbons (Fsp3) is 0.277. The predicted octanol–water partition coefficient (Wildman–Crippen LogP) is 8.41. The molecule has 1 saturated heterocycles. The van der Waals surface area contributed by atoms with Crippen LogP contribution in [0.4, 0.5) is 17.1 Å². The highest BCUT2D eigenvalue weighted by Gasteiger charge is 2.66. The lowest BCUT2D eigenvalue weighted by atomic mass is 9.82. The van der Waals surface area contributed by atoms with Gasteiger partial charge in [-0.05, 0) is 84.3 Å². The number of para-hydroxylation sites is 3. The van der Waals surface area contributed by atoms with Gasteiger partial charge in [0.25, 0.3) is 11.8 Å². The fourth-order valence-corrected chi connectivity index (χ4v) is 13.9. The average molecular weight is 840 g/mol. The van der Waals surface area contributed by atoms with Gasteiger partial charge in [-0.1, -0.05) is 90.5 Å². The van der Waals surface area contributed by atoms with Gasteiger partial charge in [0.1, 0.15) is 11.5 Å².